The van der Waals surface area contributed by atoms with E-state index in [-0.39, 0.29) is 6.73 Å². The van der Waals surface area contributed by atoms with Crippen molar-refractivity contribution >= 4 is 17.2 Å². The maximum absolute atomic E-state index is 12.4. The summed E-state index contributed by atoms with van der Waals surface area (Å²) in [5.41, 5.74) is 2.18. The number of aromatic amines is 1. The van der Waals surface area contributed by atoms with Gasteiger partial charge in [-0.2, -0.15) is 0 Å². The third-order valence-corrected chi connectivity index (χ3v) is 4.49. The van der Waals surface area contributed by atoms with Crippen molar-refractivity contribution < 1.29 is 4.74 Å². The fraction of sp³-hybridized carbons (Fsp3) is 0.143. The maximum Gasteiger partial charge on any atom is 0.330 e. The Hall–Kier alpha value is -2.89. The largest absolute Gasteiger partial charge is 0.356 e. The van der Waals surface area contributed by atoms with Gasteiger partial charge in [-0.3, -0.25) is 14.3 Å². The van der Waals surface area contributed by atoms with Crippen molar-refractivity contribution in [2.45, 2.75) is 20.3 Å². The number of aromatic nitrogens is 2. The molecule has 1 heterocycles. The molecule has 0 saturated heterocycles. The average Bonchev–Trinajstić information content (AvgIpc) is 2.67. The van der Waals surface area contributed by atoms with Gasteiger partial charge in [-0.1, -0.05) is 60.6 Å². The standard InChI is InChI=1S/C21H19ClN2O3/c1-14(17-8-10-18(22)11-9-17)19-15(2)20(25)23-21(26)24(19)13-27-12-16-6-4-3-5-7-16/h3-11H,1,12-13H2,2H3,(H,23,25,26). The molecule has 2 aromatic carbocycles. The fourth-order valence-electron chi connectivity index (χ4n) is 2.80. The molecule has 1 N–H and O–H groups in total. The Morgan fingerprint density at radius 2 is 1.78 bits per heavy atom. The van der Waals surface area contributed by atoms with Crippen LogP contribution in [0.4, 0.5) is 0 Å². The second kappa shape index (κ2) is 8.20. The van der Waals surface area contributed by atoms with Crippen LogP contribution in [0.25, 0.3) is 5.57 Å². The molecule has 138 valence electrons. The predicted octanol–water partition coefficient (Wildman–Crippen LogP) is 3.73. The van der Waals surface area contributed by atoms with Gasteiger partial charge in [0.1, 0.15) is 6.73 Å². The Kier molecular flexibility index (Phi) is 5.74. The van der Waals surface area contributed by atoms with E-state index in [2.05, 4.69) is 11.6 Å². The molecule has 0 aliphatic carbocycles. The van der Waals surface area contributed by atoms with Crippen molar-refractivity contribution in [3.05, 3.63) is 109 Å². The highest BCUT2D eigenvalue weighted by molar-refractivity contribution is 6.30. The zero-order chi connectivity index (χ0) is 19.4. The first-order valence-electron chi connectivity index (χ1n) is 8.38. The lowest BCUT2D eigenvalue weighted by Crippen LogP contribution is -2.35. The molecule has 1 aromatic heterocycles. The maximum atomic E-state index is 12.4. The first-order chi connectivity index (χ1) is 13.0. The normalized spacial score (nSPS) is 10.7. The molecule has 5 nitrogen and oxygen atoms in total. The molecule has 0 spiro atoms. The first kappa shape index (κ1) is 18.9. The number of hydrogen-bond acceptors (Lipinski definition) is 3. The van der Waals surface area contributed by atoms with Crippen LogP contribution in [-0.4, -0.2) is 9.55 Å². The van der Waals surface area contributed by atoms with Gasteiger partial charge in [0.25, 0.3) is 5.56 Å². The number of ether oxygens (including phenoxy) is 1. The number of benzene rings is 2. The summed E-state index contributed by atoms with van der Waals surface area (Å²) in [6.07, 6.45) is 0. The van der Waals surface area contributed by atoms with E-state index in [4.69, 9.17) is 16.3 Å². The van der Waals surface area contributed by atoms with Crippen molar-refractivity contribution in [1.29, 1.82) is 0 Å². The van der Waals surface area contributed by atoms with Gasteiger partial charge < -0.3 is 4.74 Å². The van der Waals surface area contributed by atoms with Crippen LogP contribution in [0.2, 0.25) is 5.02 Å². The van der Waals surface area contributed by atoms with E-state index in [1.807, 2.05) is 30.3 Å². The van der Waals surface area contributed by atoms with E-state index >= 15 is 0 Å². The number of rotatable bonds is 6. The van der Waals surface area contributed by atoms with Crippen LogP contribution < -0.4 is 11.2 Å². The second-order valence-electron chi connectivity index (χ2n) is 6.11. The summed E-state index contributed by atoms with van der Waals surface area (Å²) in [4.78, 5) is 26.9. The lowest BCUT2D eigenvalue weighted by molar-refractivity contribution is 0.0601. The highest BCUT2D eigenvalue weighted by Crippen LogP contribution is 2.23. The van der Waals surface area contributed by atoms with E-state index in [9.17, 15) is 9.59 Å². The van der Waals surface area contributed by atoms with Gasteiger partial charge in [0.05, 0.1) is 12.3 Å². The predicted molar refractivity (Wildman–Crippen MR) is 107 cm³/mol. The lowest BCUT2D eigenvalue weighted by Gasteiger charge is -2.17. The van der Waals surface area contributed by atoms with Crippen LogP contribution in [0.5, 0.6) is 0 Å². The number of nitrogens with zero attached hydrogens (tertiary/aromatic N) is 1. The molecular weight excluding hydrogens is 364 g/mol. The van der Waals surface area contributed by atoms with Crippen LogP contribution in [0.3, 0.4) is 0 Å². The molecule has 0 atom stereocenters. The van der Waals surface area contributed by atoms with Crippen molar-refractivity contribution in [1.82, 2.24) is 9.55 Å². The molecule has 0 amide bonds. The Bertz CT molecular complexity index is 1070. The fourth-order valence-corrected chi connectivity index (χ4v) is 2.93. The summed E-state index contributed by atoms with van der Waals surface area (Å²) in [5, 5.41) is 0.595. The topological polar surface area (TPSA) is 64.1 Å². The van der Waals surface area contributed by atoms with Crippen molar-refractivity contribution in [3.8, 4) is 0 Å². The quantitative estimate of drug-likeness (QED) is 0.706. The molecule has 27 heavy (non-hydrogen) atoms. The molecule has 0 radical (unpaired) electrons. The molecule has 6 heteroatoms. The molecule has 0 unspecified atom stereocenters. The molecule has 3 rings (SSSR count). The Morgan fingerprint density at radius 1 is 1.11 bits per heavy atom. The van der Waals surface area contributed by atoms with Crippen molar-refractivity contribution in [2.24, 2.45) is 0 Å². The van der Waals surface area contributed by atoms with Gasteiger partial charge in [0, 0.05) is 10.6 Å². The summed E-state index contributed by atoms with van der Waals surface area (Å²) in [7, 11) is 0. The molecule has 0 saturated carbocycles. The minimum atomic E-state index is -0.538. The number of nitrogens with one attached hydrogen (secondary N) is 1. The smallest absolute Gasteiger partial charge is 0.330 e. The summed E-state index contributed by atoms with van der Waals surface area (Å²) < 4.78 is 7.09. The zero-order valence-corrected chi connectivity index (χ0v) is 15.6. The number of hydrogen-bond donors (Lipinski definition) is 1. The SMILES string of the molecule is C=C(c1ccc(Cl)cc1)c1c(C)c(=O)[nH]c(=O)n1COCc1ccccc1. The second-order valence-corrected chi connectivity index (χ2v) is 6.55. The lowest BCUT2D eigenvalue weighted by atomic mass is 10.0. The van der Waals surface area contributed by atoms with Gasteiger partial charge in [-0.25, -0.2) is 4.79 Å². The van der Waals surface area contributed by atoms with E-state index in [0.717, 1.165) is 11.1 Å². The van der Waals surface area contributed by atoms with Crippen LogP contribution in [0, 0.1) is 6.92 Å². The molecule has 0 aliphatic rings. The third kappa shape index (κ3) is 4.27. The van der Waals surface area contributed by atoms with Gasteiger partial charge >= 0.3 is 5.69 Å². The van der Waals surface area contributed by atoms with E-state index in [0.29, 0.717) is 28.5 Å². The summed E-state index contributed by atoms with van der Waals surface area (Å²) >= 11 is 5.94. The molecule has 0 bridgehead atoms. The Morgan fingerprint density at radius 3 is 2.44 bits per heavy atom. The highest BCUT2D eigenvalue weighted by atomic mass is 35.5. The number of H-pyrrole nitrogens is 1. The molecular formula is C21H19ClN2O3. The van der Waals surface area contributed by atoms with Gasteiger partial charge in [-0.15, -0.1) is 0 Å². The van der Waals surface area contributed by atoms with Crippen molar-refractivity contribution in [3.63, 3.8) is 0 Å². The third-order valence-electron chi connectivity index (χ3n) is 4.24. The molecule has 0 fully saturated rings. The van der Waals surface area contributed by atoms with Gasteiger partial charge in [0.2, 0.25) is 0 Å². The van der Waals surface area contributed by atoms with E-state index < -0.39 is 11.2 Å². The van der Waals surface area contributed by atoms with E-state index in [1.165, 1.54) is 4.57 Å². The summed E-state index contributed by atoms with van der Waals surface area (Å²) in [6, 6.07) is 16.7. The Balaban J connectivity index is 1.94. The minimum Gasteiger partial charge on any atom is -0.356 e. The van der Waals surface area contributed by atoms with Gasteiger partial charge in [-0.05, 0) is 35.8 Å². The van der Waals surface area contributed by atoms with Crippen LogP contribution >= 0.6 is 11.6 Å². The Labute approximate surface area is 161 Å². The highest BCUT2D eigenvalue weighted by Gasteiger charge is 2.16. The minimum absolute atomic E-state index is 0.00666. The number of halogens is 1. The van der Waals surface area contributed by atoms with Crippen LogP contribution in [0.15, 0.2) is 70.8 Å². The monoisotopic (exact) mass is 382 g/mol. The molecule has 0 aliphatic heterocycles. The average molecular weight is 383 g/mol. The first-order valence-corrected chi connectivity index (χ1v) is 8.76. The van der Waals surface area contributed by atoms with E-state index in [1.54, 1.807) is 31.2 Å². The van der Waals surface area contributed by atoms with Crippen LogP contribution in [0.1, 0.15) is 22.4 Å². The zero-order valence-electron chi connectivity index (χ0n) is 14.9. The summed E-state index contributed by atoms with van der Waals surface area (Å²) in [6.45, 7) is 6.08. The van der Waals surface area contributed by atoms with Crippen molar-refractivity contribution in [2.75, 3.05) is 0 Å². The molecule has 3 aromatic rings. The van der Waals surface area contributed by atoms with Crippen LogP contribution in [-0.2, 0) is 18.1 Å². The van der Waals surface area contributed by atoms with Gasteiger partial charge in [0.15, 0.2) is 0 Å². The summed E-state index contributed by atoms with van der Waals surface area (Å²) in [5.74, 6) is 0.